The minimum atomic E-state index is -0.798. The number of allylic oxidation sites excluding steroid dienone is 18. The van der Waals surface area contributed by atoms with Crippen LogP contribution in [-0.2, 0) is 28.6 Å². The predicted molar refractivity (Wildman–Crippen MR) is 330 cm³/mol. The van der Waals surface area contributed by atoms with Crippen LogP contribution in [0, 0.1) is 0 Å². The lowest BCUT2D eigenvalue weighted by Gasteiger charge is -2.18. The summed E-state index contributed by atoms with van der Waals surface area (Å²) in [5, 5.41) is 0. The zero-order chi connectivity index (χ0) is 55.0. The molecule has 0 saturated heterocycles. The van der Waals surface area contributed by atoms with Crippen LogP contribution in [0.15, 0.2) is 109 Å². The van der Waals surface area contributed by atoms with E-state index >= 15 is 0 Å². The van der Waals surface area contributed by atoms with Crippen molar-refractivity contribution < 1.29 is 28.6 Å². The highest BCUT2D eigenvalue weighted by Gasteiger charge is 2.19. The summed E-state index contributed by atoms with van der Waals surface area (Å²) in [5.74, 6) is -0.918. The second-order valence-corrected chi connectivity index (χ2v) is 20.9. The fourth-order valence-electron chi connectivity index (χ4n) is 8.77. The molecular weight excluding hydrogens is 937 g/mol. The van der Waals surface area contributed by atoms with Gasteiger partial charge in [0, 0.05) is 19.3 Å². The molecule has 0 N–H and O–H groups in total. The van der Waals surface area contributed by atoms with Crippen molar-refractivity contribution in [3.63, 3.8) is 0 Å². The van der Waals surface area contributed by atoms with Crippen molar-refractivity contribution in [2.45, 2.75) is 303 Å². The average Bonchev–Trinajstić information content (AvgIpc) is 3.42. The van der Waals surface area contributed by atoms with Gasteiger partial charge in [0.1, 0.15) is 13.2 Å². The molecule has 0 amide bonds. The number of rotatable bonds is 57. The molecule has 0 aliphatic heterocycles. The molecule has 0 heterocycles. The third-order valence-corrected chi connectivity index (χ3v) is 13.5. The maximum Gasteiger partial charge on any atom is 0.306 e. The van der Waals surface area contributed by atoms with E-state index in [9.17, 15) is 14.4 Å². The van der Waals surface area contributed by atoms with Crippen molar-refractivity contribution in [1.82, 2.24) is 0 Å². The molecule has 0 spiro atoms. The molecule has 76 heavy (non-hydrogen) atoms. The average molecular weight is 1060 g/mol. The molecule has 0 aromatic carbocycles. The van der Waals surface area contributed by atoms with Gasteiger partial charge in [-0.1, -0.05) is 265 Å². The van der Waals surface area contributed by atoms with Crippen LogP contribution in [-0.4, -0.2) is 37.2 Å². The molecule has 0 fully saturated rings. The first-order chi connectivity index (χ1) is 37.5. The summed E-state index contributed by atoms with van der Waals surface area (Å²) in [5.41, 5.74) is 0. The topological polar surface area (TPSA) is 78.9 Å². The van der Waals surface area contributed by atoms with Gasteiger partial charge in [-0.3, -0.25) is 14.4 Å². The van der Waals surface area contributed by atoms with Crippen LogP contribution in [0.4, 0.5) is 0 Å². The Balaban J connectivity index is 4.38. The van der Waals surface area contributed by atoms with Crippen LogP contribution in [0.2, 0.25) is 0 Å². The van der Waals surface area contributed by atoms with Gasteiger partial charge in [-0.15, -0.1) is 0 Å². The lowest BCUT2D eigenvalue weighted by molar-refractivity contribution is -0.167. The van der Waals surface area contributed by atoms with Crippen molar-refractivity contribution in [3.8, 4) is 0 Å². The molecule has 0 aliphatic rings. The van der Waals surface area contributed by atoms with E-state index in [4.69, 9.17) is 14.2 Å². The Hall–Kier alpha value is -3.93. The van der Waals surface area contributed by atoms with Gasteiger partial charge in [0.05, 0.1) is 0 Å². The van der Waals surface area contributed by atoms with Gasteiger partial charge < -0.3 is 14.2 Å². The third kappa shape index (κ3) is 60.9. The Morgan fingerprint density at radius 1 is 0.276 bits per heavy atom. The molecule has 0 aliphatic carbocycles. The van der Waals surface area contributed by atoms with E-state index in [0.29, 0.717) is 19.3 Å². The molecule has 0 aromatic rings. The number of hydrogen-bond acceptors (Lipinski definition) is 6. The summed E-state index contributed by atoms with van der Waals surface area (Å²) in [6, 6.07) is 0. The maximum absolute atomic E-state index is 12.9. The number of ether oxygens (including phenoxy) is 3. The van der Waals surface area contributed by atoms with Crippen molar-refractivity contribution >= 4 is 17.9 Å². The fourth-order valence-corrected chi connectivity index (χ4v) is 8.77. The zero-order valence-electron chi connectivity index (χ0n) is 49.7. The SMILES string of the molecule is CC/C=C\C/C=C\C/C=C\C/C=C\CCCCCCCCCCCCCCC(=O)OCC(COC(=O)CCCCCCC/C=C\CCCCCCCCC)OC(=O)CCCCCC/C=C\C/C=C\C/C=C\C/C=C\CC. The number of esters is 3. The first-order valence-electron chi connectivity index (χ1n) is 31.9. The molecule has 0 radical (unpaired) electrons. The van der Waals surface area contributed by atoms with Crippen molar-refractivity contribution in [1.29, 1.82) is 0 Å². The molecule has 0 aromatic heterocycles. The van der Waals surface area contributed by atoms with Gasteiger partial charge >= 0.3 is 17.9 Å². The number of unbranched alkanes of at least 4 members (excludes halogenated alkanes) is 28. The lowest BCUT2D eigenvalue weighted by Crippen LogP contribution is -2.30. The molecule has 6 nitrogen and oxygen atoms in total. The largest absolute Gasteiger partial charge is 0.462 e. The highest BCUT2D eigenvalue weighted by atomic mass is 16.6. The van der Waals surface area contributed by atoms with Crippen LogP contribution >= 0.6 is 0 Å². The van der Waals surface area contributed by atoms with E-state index in [-0.39, 0.29) is 31.1 Å². The summed E-state index contributed by atoms with van der Waals surface area (Å²) in [7, 11) is 0. The number of hydrogen-bond donors (Lipinski definition) is 0. The maximum atomic E-state index is 12.9. The first-order valence-corrected chi connectivity index (χ1v) is 31.9. The molecule has 434 valence electrons. The van der Waals surface area contributed by atoms with E-state index in [1.807, 2.05) is 0 Å². The zero-order valence-corrected chi connectivity index (χ0v) is 49.7. The smallest absolute Gasteiger partial charge is 0.306 e. The second-order valence-electron chi connectivity index (χ2n) is 20.9. The minimum Gasteiger partial charge on any atom is -0.462 e. The van der Waals surface area contributed by atoms with Crippen LogP contribution in [0.25, 0.3) is 0 Å². The number of carbonyl (C=O) groups excluding carboxylic acids is 3. The Morgan fingerprint density at radius 3 is 0.816 bits per heavy atom. The molecule has 6 heteroatoms. The van der Waals surface area contributed by atoms with Crippen LogP contribution in [0.5, 0.6) is 0 Å². The molecule has 0 bridgehead atoms. The third-order valence-electron chi connectivity index (χ3n) is 13.5. The van der Waals surface area contributed by atoms with Gasteiger partial charge in [-0.25, -0.2) is 0 Å². The monoisotopic (exact) mass is 1050 g/mol. The summed E-state index contributed by atoms with van der Waals surface area (Å²) >= 11 is 0. The summed E-state index contributed by atoms with van der Waals surface area (Å²) < 4.78 is 16.9. The molecule has 1 atom stereocenters. The summed E-state index contributed by atoms with van der Waals surface area (Å²) in [6.07, 6.45) is 86.6. The Labute approximate surface area is 470 Å². The standard InChI is InChI=1S/C70H118O6/c1-4-7-10-13-16-19-22-25-28-31-32-33-34-35-36-37-38-40-42-45-48-51-54-57-60-63-69(72)75-66-67(65-74-68(71)62-59-56-53-50-47-44-41-30-27-24-21-18-15-12-9-6-3)76-70(73)64-61-58-55-52-49-46-43-39-29-26-23-20-17-14-11-8-5-2/h7-8,10-11,16-17,19-20,25-26,28-30,32-33,41,43,46,67H,4-6,9,12-15,18,21-24,27,31,34-40,42,44-45,47-66H2,1-3H3/b10-7-,11-8-,19-16-,20-17-,28-25-,29-26-,33-32-,41-30-,46-43-. The fraction of sp³-hybridized carbons (Fsp3) is 0.700. The Morgan fingerprint density at radius 2 is 0.513 bits per heavy atom. The van der Waals surface area contributed by atoms with Crippen molar-refractivity contribution in [2.75, 3.05) is 13.2 Å². The van der Waals surface area contributed by atoms with E-state index in [0.717, 1.165) is 128 Å². The number of carbonyl (C=O) groups is 3. The first kappa shape index (κ1) is 72.1. The highest BCUT2D eigenvalue weighted by molar-refractivity contribution is 5.71. The molecule has 0 saturated carbocycles. The van der Waals surface area contributed by atoms with Crippen molar-refractivity contribution in [3.05, 3.63) is 109 Å². The van der Waals surface area contributed by atoms with Gasteiger partial charge in [0.25, 0.3) is 0 Å². The molecular formula is C70H118O6. The normalized spacial score (nSPS) is 12.8. The van der Waals surface area contributed by atoms with E-state index in [2.05, 4.69) is 130 Å². The van der Waals surface area contributed by atoms with Gasteiger partial charge in [-0.2, -0.15) is 0 Å². The Kier molecular flexibility index (Phi) is 60.3. The molecule has 0 rings (SSSR count). The van der Waals surface area contributed by atoms with Crippen LogP contribution in [0.3, 0.4) is 0 Å². The summed E-state index contributed by atoms with van der Waals surface area (Å²) in [6.45, 7) is 6.40. The van der Waals surface area contributed by atoms with E-state index in [1.54, 1.807) is 0 Å². The highest BCUT2D eigenvalue weighted by Crippen LogP contribution is 2.16. The van der Waals surface area contributed by atoms with Crippen molar-refractivity contribution in [2.24, 2.45) is 0 Å². The van der Waals surface area contributed by atoms with E-state index in [1.165, 1.54) is 128 Å². The van der Waals surface area contributed by atoms with E-state index < -0.39 is 6.10 Å². The van der Waals surface area contributed by atoms with Crippen LogP contribution < -0.4 is 0 Å². The molecule has 1 unspecified atom stereocenters. The summed E-state index contributed by atoms with van der Waals surface area (Å²) in [4.78, 5) is 38.3. The minimum absolute atomic E-state index is 0.0918. The van der Waals surface area contributed by atoms with Gasteiger partial charge in [0.15, 0.2) is 6.10 Å². The van der Waals surface area contributed by atoms with Gasteiger partial charge in [-0.05, 0) is 122 Å². The van der Waals surface area contributed by atoms with Crippen LogP contribution in [0.1, 0.15) is 297 Å². The quantitative estimate of drug-likeness (QED) is 0.0261. The lowest BCUT2D eigenvalue weighted by atomic mass is 10.0. The predicted octanol–water partition coefficient (Wildman–Crippen LogP) is 21.8. The van der Waals surface area contributed by atoms with Gasteiger partial charge in [0.2, 0.25) is 0 Å². The second kappa shape index (κ2) is 63.6. The Bertz CT molecular complexity index is 1540.